The Morgan fingerprint density at radius 2 is 1.64 bits per heavy atom. The SMILES string of the molecule is CC(CN=C(N)N1CCCCC1)N1CCN(c2ccccc2)CC1.I. The Morgan fingerprint density at radius 1 is 1.00 bits per heavy atom. The van der Waals surface area contributed by atoms with Gasteiger partial charge in [-0.15, -0.1) is 24.0 Å². The monoisotopic (exact) mass is 457 g/mol. The van der Waals surface area contributed by atoms with E-state index >= 15 is 0 Å². The van der Waals surface area contributed by atoms with Gasteiger partial charge in [-0.3, -0.25) is 9.89 Å². The number of para-hydroxylation sites is 1. The number of halogens is 1. The molecule has 6 heteroatoms. The number of nitrogens with zero attached hydrogens (tertiary/aromatic N) is 4. The number of guanidine groups is 1. The summed E-state index contributed by atoms with van der Waals surface area (Å²) in [6.07, 6.45) is 3.81. The second kappa shape index (κ2) is 10.2. The molecular weight excluding hydrogens is 425 g/mol. The summed E-state index contributed by atoms with van der Waals surface area (Å²) in [5.74, 6) is 0.740. The third kappa shape index (κ3) is 5.74. The molecule has 0 radical (unpaired) electrons. The Morgan fingerprint density at radius 3 is 2.28 bits per heavy atom. The molecule has 2 N–H and O–H groups in total. The number of aliphatic imine (C=N–C) groups is 1. The first kappa shape index (κ1) is 20.3. The minimum atomic E-state index is 0. The largest absolute Gasteiger partial charge is 0.370 e. The van der Waals surface area contributed by atoms with E-state index in [2.05, 4.69) is 56.9 Å². The Balaban J connectivity index is 0.00000225. The predicted octanol–water partition coefficient (Wildman–Crippen LogP) is 2.62. The zero-order chi connectivity index (χ0) is 16.8. The molecule has 0 saturated carbocycles. The molecule has 2 aliphatic rings. The fraction of sp³-hybridized carbons (Fsp3) is 0.632. The highest BCUT2D eigenvalue weighted by atomic mass is 127. The van der Waals surface area contributed by atoms with Crippen LogP contribution in [0.2, 0.25) is 0 Å². The van der Waals surface area contributed by atoms with Gasteiger partial charge in [0.05, 0.1) is 6.54 Å². The molecule has 1 atom stereocenters. The molecule has 0 amide bonds. The third-order valence-electron chi connectivity index (χ3n) is 5.26. The van der Waals surface area contributed by atoms with Crippen LogP contribution in [0.4, 0.5) is 5.69 Å². The first-order valence-electron chi connectivity index (χ1n) is 9.33. The van der Waals surface area contributed by atoms with Crippen LogP contribution in [0.1, 0.15) is 26.2 Å². The van der Waals surface area contributed by atoms with E-state index in [1.54, 1.807) is 0 Å². The lowest BCUT2D eigenvalue weighted by Crippen LogP contribution is -2.50. The van der Waals surface area contributed by atoms with Crippen LogP contribution in [0.5, 0.6) is 0 Å². The molecule has 2 aliphatic heterocycles. The van der Waals surface area contributed by atoms with Crippen LogP contribution in [0.3, 0.4) is 0 Å². The summed E-state index contributed by atoms with van der Waals surface area (Å²) in [6, 6.07) is 11.1. The van der Waals surface area contributed by atoms with Crippen LogP contribution in [-0.4, -0.2) is 67.6 Å². The van der Waals surface area contributed by atoms with E-state index in [1.165, 1.54) is 24.9 Å². The molecule has 2 saturated heterocycles. The van der Waals surface area contributed by atoms with Crippen LogP contribution in [0.25, 0.3) is 0 Å². The maximum absolute atomic E-state index is 6.17. The highest BCUT2D eigenvalue weighted by molar-refractivity contribution is 14.0. The fourth-order valence-electron chi connectivity index (χ4n) is 3.62. The first-order valence-corrected chi connectivity index (χ1v) is 9.33. The minimum absolute atomic E-state index is 0. The third-order valence-corrected chi connectivity index (χ3v) is 5.26. The smallest absolute Gasteiger partial charge is 0.191 e. The topological polar surface area (TPSA) is 48.1 Å². The van der Waals surface area contributed by atoms with Crippen molar-refractivity contribution in [2.45, 2.75) is 32.2 Å². The average molecular weight is 457 g/mol. The molecule has 2 fully saturated rings. The molecule has 0 aliphatic carbocycles. The summed E-state index contributed by atoms with van der Waals surface area (Å²) in [4.78, 5) is 11.9. The van der Waals surface area contributed by atoms with E-state index in [4.69, 9.17) is 5.73 Å². The van der Waals surface area contributed by atoms with Crippen molar-refractivity contribution in [1.29, 1.82) is 0 Å². The number of piperazine rings is 1. The lowest BCUT2D eigenvalue weighted by atomic mass is 10.1. The molecule has 0 bridgehead atoms. The van der Waals surface area contributed by atoms with Crippen molar-refractivity contribution in [3.05, 3.63) is 30.3 Å². The van der Waals surface area contributed by atoms with Crippen LogP contribution in [0.15, 0.2) is 35.3 Å². The van der Waals surface area contributed by atoms with Crippen molar-refractivity contribution in [2.24, 2.45) is 10.7 Å². The number of nitrogens with two attached hydrogens (primary N) is 1. The first-order chi connectivity index (χ1) is 11.7. The van der Waals surface area contributed by atoms with Gasteiger partial charge in [-0.25, -0.2) is 0 Å². The van der Waals surface area contributed by atoms with E-state index < -0.39 is 0 Å². The lowest BCUT2D eigenvalue weighted by Gasteiger charge is -2.38. The molecular formula is C19H32IN5. The summed E-state index contributed by atoms with van der Waals surface area (Å²) in [7, 11) is 0. The van der Waals surface area contributed by atoms with E-state index in [0.717, 1.165) is 51.8 Å². The second-order valence-electron chi connectivity index (χ2n) is 6.95. The van der Waals surface area contributed by atoms with Gasteiger partial charge in [-0.2, -0.15) is 0 Å². The molecule has 1 unspecified atom stereocenters. The Bertz CT molecular complexity index is 522. The quantitative estimate of drug-likeness (QED) is 0.429. The molecule has 3 rings (SSSR count). The van der Waals surface area contributed by atoms with Crippen LogP contribution < -0.4 is 10.6 Å². The van der Waals surface area contributed by atoms with E-state index in [1.807, 2.05) is 0 Å². The summed E-state index contributed by atoms with van der Waals surface area (Å²) in [6.45, 7) is 9.56. The Hall–Kier alpha value is -1.02. The van der Waals surface area contributed by atoms with Crippen LogP contribution >= 0.6 is 24.0 Å². The van der Waals surface area contributed by atoms with Gasteiger partial charge in [0.2, 0.25) is 0 Å². The predicted molar refractivity (Wildman–Crippen MR) is 117 cm³/mol. The Labute approximate surface area is 169 Å². The van der Waals surface area contributed by atoms with Crippen molar-refractivity contribution in [1.82, 2.24) is 9.80 Å². The summed E-state index contributed by atoms with van der Waals surface area (Å²) in [5.41, 5.74) is 7.50. The molecule has 0 spiro atoms. The minimum Gasteiger partial charge on any atom is -0.370 e. The normalized spacial score (nSPS) is 20.9. The number of hydrogen-bond acceptors (Lipinski definition) is 3. The van der Waals surface area contributed by atoms with Crippen molar-refractivity contribution >= 4 is 35.6 Å². The molecule has 1 aromatic rings. The van der Waals surface area contributed by atoms with E-state index in [-0.39, 0.29) is 24.0 Å². The number of benzene rings is 1. The number of anilines is 1. The van der Waals surface area contributed by atoms with E-state index in [0.29, 0.717) is 6.04 Å². The molecule has 5 nitrogen and oxygen atoms in total. The van der Waals surface area contributed by atoms with Gasteiger partial charge < -0.3 is 15.5 Å². The molecule has 25 heavy (non-hydrogen) atoms. The summed E-state index contributed by atoms with van der Waals surface area (Å²) in [5, 5.41) is 0. The van der Waals surface area contributed by atoms with Crippen LogP contribution in [0, 0.1) is 0 Å². The lowest BCUT2D eigenvalue weighted by molar-refractivity contribution is 0.201. The fourth-order valence-corrected chi connectivity index (χ4v) is 3.62. The molecule has 1 aromatic carbocycles. The highest BCUT2D eigenvalue weighted by Gasteiger charge is 2.21. The van der Waals surface area contributed by atoms with Gasteiger partial charge in [0.1, 0.15) is 0 Å². The standard InChI is InChI=1S/C19H31N5.HI/c1-17(16-21-19(20)24-10-6-3-7-11-24)22-12-14-23(15-13-22)18-8-4-2-5-9-18;/h2,4-5,8-9,17H,3,6-7,10-16H2,1H3,(H2,20,21);1H. The zero-order valence-corrected chi connectivity index (χ0v) is 17.6. The van der Waals surface area contributed by atoms with Crippen molar-refractivity contribution in [2.75, 3.05) is 50.7 Å². The van der Waals surface area contributed by atoms with Crippen LogP contribution in [-0.2, 0) is 0 Å². The van der Waals surface area contributed by atoms with Gasteiger partial charge in [-0.1, -0.05) is 18.2 Å². The van der Waals surface area contributed by atoms with Gasteiger partial charge in [-0.05, 0) is 38.3 Å². The molecule has 140 valence electrons. The van der Waals surface area contributed by atoms with Gasteiger partial charge in [0.25, 0.3) is 0 Å². The van der Waals surface area contributed by atoms with Gasteiger partial charge >= 0.3 is 0 Å². The summed E-state index contributed by atoms with van der Waals surface area (Å²) >= 11 is 0. The molecule has 2 heterocycles. The van der Waals surface area contributed by atoms with Crippen molar-refractivity contribution in [3.8, 4) is 0 Å². The number of piperidine rings is 1. The number of hydrogen-bond donors (Lipinski definition) is 1. The Kier molecular flexibility index (Phi) is 8.29. The highest BCUT2D eigenvalue weighted by Crippen LogP contribution is 2.16. The molecule has 0 aromatic heterocycles. The zero-order valence-electron chi connectivity index (χ0n) is 15.3. The maximum atomic E-state index is 6.17. The second-order valence-corrected chi connectivity index (χ2v) is 6.95. The van der Waals surface area contributed by atoms with Gasteiger partial charge in [0.15, 0.2) is 5.96 Å². The van der Waals surface area contributed by atoms with Gasteiger partial charge in [0, 0.05) is 51.0 Å². The summed E-state index contributed by atoms with van der Waals surface area (Å²) < 4.78 is 0. The van der Waals surface area contributed by atoms with Crippen molar-refractivity contribution < 1.29 is 0 Å². The van der Waals surface area contributed by atoms with E-state index in [9.17, 15) is 0 Å². The van der Waals surface area contributed by atoms with Crippen molar-refractivity contribution in [3.63, 3.8) is 0 Å². The number of rotatable bonds is 4. The average Bonchev–Trinajstić information content (AvgIpc) is 2.67. The maximum Gasteiger partial charge on any atom is 0.191 e. The number of likely N-dealkylation sites (tertiary alicyclic amines) is 1.